The van der Waals surface area contributed by atoms with Crippen molar-refractivity contribution in [2.45, 2.75) is 32.2 Å². The molecule has 0 atom stereocenters. The van der Waals surface area contributed by atoms with Crippen LogP contribution in [-0.4, -0.2) is 23.9 Å². The average Bonchev–Trinajstić information content (AvgIpc) is 3.22. The van der Waals surface area contributed by atoms with Crippen molar-refractivity contribution in [1.29, 1.82) is 5.26 Å². The van der Waals surface area contributed by atoms with Crippen LogP contribution in [0.4, 0.5) is 9.39 Å². The molecule has 6 heteroatoms. The summed E-state index contributed by atoms with van der Waals surface area (Å²) in [5.74, 6) is 2.18. The minimum Gasteiger partial charge on any atom is -0.317 e. The number of anilines is 1. The largest absolute Gasteiger partial charge is 0.317 e. The average molecular weight is 381 g/mol. The van der Waals surface area contributed by atoms with E-state index in [1.54, 1.807) is 12.1 Å². The molecule has 4 nitrogen and oxygen atoms in total. The predicted molar refractivity (Wildman–Crippen MR) is 105 cm³/mol. The fraction of sp³-hybridized carbons (Fsp3) is 0.333. The van der Waals surface area contributed by atoms with Gasteiger partial charge in [-0.2, -0.15) is 5.26 Å². The van der Waals surface area contributed by atoms with Crippen molar-refractivity contribution >= 4 is 22.2 Å². The van der Waals surface area contributed by atoms with Gasteiger partial charge >= 0.3 is 0 Å². The summed E-state index contributed by atoms with van der Waals surface area (Å²) in [7, 11) is 0. The smallest absolute Gasteiger partial charge is 0.226 e. The number of nitrogens with zero attached hydrogens (tertiary/aromatic N) is 2. The summed E-state index contributed by atoms with van der Waals surface area (Å²) < 4.78 is 13.0. The summed E-state index contributed by atoms with van der Waals surface area (Å²) in [4.78, 5) is 15.6. The van der Waals surface area contributed by atoms with E-state index in [2.05, 4.69) is 17.3 Å². The summed E-state index contributed by atoms with van der Waals surface area (Å²) in [5.41, 5.74) is 2.66. The van der Waals surface area contributed by atoms with Crippen molar-refractivity contribution in [3.63, 3.8) is 0 Å². The van der Waals surface area contributed by atoms with E-state index < -0.39 is 0 Å². The molecule has 1 N–H and O–H groups in total. The number of hydrogen-bond donors (Lipinski definition) is 1. The van der Waals surface area contributed by atoms with E-state index in [4.69, 9.17) is 6.42 Å². The molecule has 1 aliphatic carbocycles. The Kier molecular flexibility index (Phi) is 6.24. The number of terminal acetylenes is 1. The number of rotatable bonds is 7. The highest BCUT2D eigenvalue weighted by Crippen LogP contribution is 2.38. The molecule has 1 aliphatic rings. The summed E-state index contributed by atoms with van der Waals surface area (Å²) in [6, 6.07) is 8.48. The number of aryl methyl sites for hydroxylation is 1. The number of hydrogen-bond acceptors (Lipinski definition) is 4. The topological polar surface area (TPSA) is 56.1 Å². The lowest BCUT2D eigenvalue weighted by Crippen LogP contribution is -2.28. The zero-order chi connectivity index (χ0) is 19.2. The highest BCUT2D eigenvalue weighted by molar-refractivity contribution is 7.16. The molecule has 1 amide bonds. The summed E-state index contributed by atoms with van der Waals surface area (Å²) in [6.07, 6.45) is 8.68. The van der Waals surface area contributed by atoms with E-state index in [1.165, 1.54) is 28.3 Å². The molecule has 1 aromatic carbocycles. The fourth-order valence-corrected chi connectivity index (χ4v) is 4.51. The van der Waals surface area contributed by atoms with E-state index in [1.807, 2.05) is 4.90 Å². The Bertz CT molecular complexity index is 905. The second-order valence-electron chi connectivity index (χ2n) is 6.51. The van der Waals surface area contributed by atoms with Crippen molar-refractivity contribution in [2.75, 3.05) is 18.4 Å². The summed E-state index contributed by atoms with van der Waals surface area (Å²) in [6.45, 7) is 1.44. The molecule has 3 rings (SSSR count). The number of nitrogens with one attached hydrogen (secondary N) is 1. The van der Waals surface area contributed by atoms with E-state index in [0.29, 0.717) is 30.2 Å². The standard InChI is InChI=1S/C21H20FN3OS/c1-2-11-25(14-15-6-8-16(22)9-7-15)12-10-20(26)24-21-18(13-23)17-4-3-5-19(17)27-21/h1,6-9H,3-5,10-12,14H2,(H,24,26). The van der Waals surface area contributed by atoms with Crippen LogP contribution in [0.2, 0.25) is 0 Å². The van der Waals surface area contributed by atoms with Gasteiger partial charge in [0, 0.05) is 24.4 Å². The Morgan fingerprint density at radius 3 is 2.81 bits per heavy atom. The first-order chi connectivity index (χ1) is 13.1. The molecule has 0 saturated heterocycles. The first kappa shape index (κ1) is 19.1. The third-order valence-electron chi connectivity index (χ3n) is 4.58. The molecule has 0 fully saturated rings. The second-order valence-corrected chi connectivity index (χ2v) is 7.62. The SMILES string of the molecule is C#CCN(CCC(=O)Nc1sc2c(c1C#N)CCC2)Cc1ccc(F)cc1. The zero-order valence-electron chi connectivity index (χ0n) is 14.9. The van der Waals surface area contributed by atoms with Crippen LogP contribution in [-0.2, 0) is 24.2 Å². The highest BCUT2D eigenvalue weighted by Gasteiger charge is 2.23. The maximum Gasteiger partial charge on any atom is 0.226 e. The number of thiophene rings is 1. The van der Waals surface area contributed by atoms with Crippen molar-refractivity contribution in [3.05, 3.63) is 51.7 Å². The van der Waals surface area contributed by atoms with Gasteiger partial charge in [0.1, 0.15) is 16.9 Å². The van der Waals surface area contributed by atoms with Crippen molar-refractivity contribution in [2.24, 2.45) is 0 Å². The minimum atomic E-state index is -0.280. The molecule has 1 heterocycles. The van der Waals surface area contributed by atoms with Gasteiger partial charge in [-0.15, -0.1) is 17.8 Å². The number of nitriles is 1. The highest BCUT2D eigenvalue weighted by atomic mass is 32.1. The van der Waals surface area contributed by atoms with Gasteiger partial charge in [-0.25, -0.2) is 4.39 Å². The van der Waals surface area contributed by atoms with E-state index >= 15 is 0 Å². The quantitative estimate of drug-likeness (QED) is 0.744. The van der Waals surface area contributed by atoms with E-state index in [9.17, 15) is 14.4 Å². The van der Waals surface area contributed by atoms with Crippen LogP contribution < -0.4 is 5.32 Å². The molecule has 0 unspecified atom stereocenters. The number of amides is 1. The van der Waals surface area contributed by atoms with Crippen LogP contribution in [0, 0.1) is 29.5 Å². The molecule has 0 spiro atoms. The summed E-state index contributed by atoms with van der Waals surface area (Å²) in [5, 5.41) is 13.0. The molecular formula is C21H20FN3OS. The molecule has 0 radical (unpaired) electrons. The van der Waals surface area contributed by atoms with Crippen LogP contribution >= 0.6 is 11.3 Å². The molecular weight excluding hydrogens is 361 g/mol. The number of halogens is 1. The summed E-state index contributed by atoms with van der Waals surface area (Å²) >= 11 is 1.51. The normalized spacial score (nSPS) is 12.4. The first-order valence-electron chi connectivity index (χ1n) is 8.85. The fourth-order valence-electron chi connectivity index (χ4n) is 3.25. The van der Waals surface area contributed by atoms with E-state index in [0.717, 1.165) is 30.4 Å². The van der Waals surface area contributed by atoms with Gasteiger partial charge in [0.15, 0.2) is 0 Å². The monoisotopic (exact) mass is 381 g/mol. The van der Waals surface area contributed by atoms with Gasteiger partial charge in [-0.05, 0) is 42.5 Å². The Balaban J connectivity index is 1.57. The van der Waals surface area contributed by atoms with Crippen LogP contribution in [0.25, 0.3) is 0 Å². The van der Waals surface area contributed by atoms with Crippen LogP contribution in [0.3, 0.4) is 0 Å². The number of fused-ring (bicyclic) bond motifs is 1. The third kappa shape index (κ3) is 4.74. The van der Waals surface area contributed by atoms with Gasteiger partial charge in [0.2, 0.25) is 5.91 Å². The molecule has 2 aromatic rings. The molecule has 0 saturated carbocycles. The third-order valence-corrected chi connectivity index (χ3v) is 5.78. The van der Waals surface area contributed by atoms with Gasteiger partial charge < -0.3 is 5.32 Å². The first-order valence-corrected chi connectivity index (χ1v) is 9.67. The number of carbonyl (C=O) groups excluding carboxylic acids is 1. The molecule has 0 bridgehead atoms. The Morgan fingerprint density at radius 2 is 2.11 bits per heavy atom. The second kappa shape index (κ2) is 8.81. The Morgan fingerprint density at radius 1 is 1.33 bits per heavy atom. The Hall–Kier alpha value is -2.67. The maximum absolute atomic E-state index is 13.0. The van der Waals surface area contributed by atoms with E-state index in [-0.39, 0.29) is 18.1 Å². The molecule has 27 heavy (non-hydrogen) atoms. The van der Waals surface area contributed by atoms with Gasteiger partial charge in [0.25, 0.3) is 0 Å². The predicted octanol–water partition coefficient (Wildman–Crippen LogP) is 3.71. The van der Waals surface area contributed by atoms with Crippen LogP contribution in [0.1, 0.15) is 34.4 Å². The lowest BCUT2D eigenvalue weighted by atomic mass is 10.1. The zero-order valence-corrected chi connectivity index (χ0v) is 15.7. The van der Waals surface area contributed by atoms with Crippen molar-refractivity contribution < 1.29 is 9.18 Å². The lowest BCUT2D eigenvalue weighted by Gasteiger charge is -2.19. The number of benzene rings is 1. The molecule has 1 aromatic heterocycles. The van der Waals surface area contributed by atoms with Gasteiger partial charge in [-0.3, -0.25) is 9.69 Å². The lowest BCUT2D eigenvalue weighted by molar-refractivity contribution is -0.116. The number of carbonyl (C=O) groups is 1. The van der Waals surface area contributed by atoms with Gasteiger partial charge in [-0.1, -0.05) is 18.1 Å². The maximum atomic E-state index is 13.0. The van der Waals surface area contributed by atoms with Gasteiger partial charge in [0.05, 0.1) is 12.1 Å². The van der Waals surface area contributed by atoms with Crippen LogP contribution in [0.5, 0.6) is 0 Å². The van der Waals surface area contributed by atoms with Crippen molar-refractivity contribution in [3.8, 4) is 18.4 Å². The molecule has 138 valence electrons. The molecule has 0 aliphatic heterocycles. The Labute approximate surface area is 162 Å². The minimum absolute atomic E-state index is 0.132. The van der Waals surface area contributed by atoms with Crippen LogP contribution in [0.15, 0.2) is 24.3 Å². The van der Waals surface area contributed by atoms with Crippen molar-refractivity contribution in [1.82, 2.24) is 4.90 Å².